The van der Waals surface area contributed by atoms with Crippen molar-refractivity contribution >= 4 is 18.0 Å². The number of aliphatic hydroxyl groups is 2. The Kier molecular flexibility index (Phi) is 6.85. The molecule has 0 spiro atoms. The molecule has 1 aromatic carbocycles. The molecule has 1 fully saturated rings. The summed E-state index contributed by atoms with van der Waals surface area (Å²) < 4.78 is 17.0. The molecule has 164 valence electrons. The minimum absolute atomic E-state index is 0.194. The Morgan fingerprint density at radius 2 is 2.06 bits per heavy atom. The highest BCUT2D eigenvalue weighted by Gasteiger charge is 2.48. The summed E-state index contributed by atoms with van der Waals surface area (Å²) in [4.78, 5) is 23.3. The highest BCUT2D eigenvalue weighted by atomic mass is 16.6. The van der Waals surface area contributed by atoms with Crippen LogP contribution in [-0.2, 0) is 14.3 Å². The van der Waals surface area contributed by atoms with Gasteiger partial charge in [-0.1, -0.05) is 17.9 Å². The van der Waals surface area contributed by atoms with Crippen LogP contribution in [0.2, 0.25) is 0 Å². The molecule has 2 heterocycles. The van der Waals surface area contributed by atoms with E-state index in [1.54, 1.807) is 18.3 Å². The molecule has 31 heavy (non-hydrogen) atoms. The minimum Gasteiger partial charge on any atom is -0.870 e. The summed E-state index contributed by atoms with van der Waals surface area (Å²) >= 11 is 0. The Labute approximate surface area is 177 Å². The first-order valence-electron chi connectivity index (χ1n) is 9.32. The SMILES string of the molecule is COc1ccc(/C=C/C(=O)OC[C@H]2O[C@@H]([n+]3cccc(C(N)=O)c3)[C@H](O)[C@@H]2O)cc1[O-]. The van der Waals surface area contributed by atoms with Gasteiger partial charge in [-0.3, -0.25) is 4.79 Å². The highest BCUT2D eigenvalue weighted by molar-refractivity contribution is 5.92. The van der Waals surface area contributed by atoms with Crippen molar-refractivity contribution in [2.24, 2.45) is 5.73 Å². The number of hydrogen-bond donors (Lipinski definition) is 3. The van der Waals surface area contributed by atoms with Crippen LogP contribution in [0, 0.1) is 0 Å². The molecule has 0 unspecified atom stereocenters. The molecular formula is C21H22N2O8. The maximum Gasteiger partial charge on any atom is 0.330 e. The van der Waals surface area contributed by atoms with Crippen LogP contribution in [-0.4, -0.2) is 54.1 Å². The Morgan fingerprint density at radius 1 is 1.29 bits per heavy atom. The second kappa shape index (κ2) is 9.56. The van der Waals surface area contributed by atoms with Crippen molar-refractivity contribution in [1.82, 2.24) is 0 Å². The number of aliphatic hydroxyl groups excluding tert-OH is 2. The largest absolute Gasteiger partial charge is 0.870 e. The van der Waals surface area contributed by atoms with Crippen LogP contribution in [0.5, 0.6) is 11.5 Å². The molecule has 1 aromatic heterocycles. The molecule has 10 heteroatoms. The molecule has 0 bridgehead atoms. The van der Waals surface area contributed by atoms with Gasteiger partial charge < -0.3 is 35.3 Å². The van der Waals surface area contributed by atoms with Gasteiger partial charge in [0.15, 0.2) is 18.5 Å². The fraction of sp³-hybridized carbons (Fsp3) is 0.286. The molecular weight excluding hydrogens is 408 g/mol. The topological polar surface area (TPSA) is 155 Å². The molecule has 1 aliphatic heterocycles. The minimum atomic E-state index is -1.32. The van der Waals surface area contributed by atoms with Crippen LogP contribution >= 0.6 is 0 Å². The van der Waals surface area contributed by atoms with Crippen molar-refractivity contribution in [3.8, 4) is 11.5 Å². The van der Waals surface area contributed by atoms with Crippen LogP contribution < -0.4 is 20.1 Å². The summed E-state index contributed by atoms with van der Waals surface area (Å²) in [6, 6.07) is 7.45. The lowest BCUT2D eigenvalue weighted by Crippen LogP contribution is -2.46. The van der Waals surface area contributed by atoms with E-state index >= 15 is 0 Å². The van der Waals surface area contributed by atoms with Gasteiger partial charge >= 0.3 is 5.97 Å². The van der Waals surface area contributed by atoms with Crippen LogP contribution in [0.1, 0.15) is 22.1 Å². The standard InChI is InChI=1S/C21H22N2O8/c1-29-15-6-4-12(9-14(15)24)5-7-17(25)30-11-16-18(26)19(27)21(31-16)23-8-2-3-13(10-23)20(22)28/h2-10,16,18-19,21,26-27H,11H2,1H3,(H2-,22,24,28)/b7-5+/t16-,18-,19-,21-/m1/s1. The van der Waals surface area contributed by atoms with Gasteiger partial charge in [-0.25, -0.2) is 4.79 Å². The number of methoxy groups -OCH3 is 1. The Hall–Kier alpha value is -3.47. The van der Waals surface area contributed by atoms with E-state index in [1.165, 1.54) is 42.1 Å². The number of amides is 1. The Balaban J connectivity index is 1.59. The summed E-state index contributed by atoms with van der Waals surface area (Å²) in [6.07, 6.45) is 0.833. The second-order valence-corrected chi connectivity index (χ2v) is 6.82. The van der Waals surface area contributed by atoms with Gasteiger partial charge in [0.25, 0.3) is 12.1 Å². The molecule has 1 saturated heterocycles. The smallest absolute Gasteiger partial charge is 0.330 e. The van der Waals surface area contributed by atoms with Crippen LogP contribution in [0.4, 0.5) is 0 Å². The van der Waals surface area contributed by atoms with Gasteiger partial charge in [-0.15, -0.1) is 0 Å². The summed E-state index contributed by atoms with van der Waals surface area (Å²) in [6.45, 7) is -0.316. The lowest BCUT2D eigenvalue weighted by atomic mass is 10.1. The van der Waals surface area contributed by atoms with Gasteiger partial charge in [0, 0.05) is 12.1 Å². The van der Waals surface area contributed by atoms with E-state index in [0.29, 0.717) is 5.56 Å². The average molecular weight is 430 g/mol. The van der Waals surface area contributed by atoms with E-state index in [-0.39, 0.29) is 23.7 Å². The predicted molar refractivity (Wildman–Crippen MR) is 104 cm³/mol. The van der Waals surface area contributed by atoms with Gasteiger partial charge in [-0.05, 0) is 23.8 Å². The molecule has 4 atom stereocenters. The quantitative estimate of drug-likeness (QED) is 0.288. The zero-order chi connectivity index (χ0) is 22.5. The molecule has 3 rings (SSSR count). The number of hydrogen-bond acceptors (Lipinski definition) is 8. The molecule has 1 aliphatic rings. The summed E-state index contributed by atoms with van der Waals surface area (Å²) in [5.41, 5.74) is 5.94. The lowest BCUT2D eigenvalue weighted by Gasteiger charge is -2.13. The van der Waals surface area contributed by atoms with Crippen molar-refractivity contribution in [3.63, 3.8) is 0 Å². The molecule has 0 saturated carbocycles. The fourth-order valence-corrected chi connectivity index (χ4v) is 3.08. The molecule has 4 N–H and O–H groups in total. The number of carbonyl (C=O) groups is 2. The maximum absolute atomic E-state index is 12.0. The first kappa shape index (κ1) is 22.2. The van der Waals surface area contributed by atoms with E-state index in [0.717, 1.165) is 6.08 Å². The normalized spacial score (nSPS) is 23.1. The number of benzene rings is 1. The Morgan fingerprint density at radius 3 is 2.74 bits per heavy atom. The van der Waals surface area contributed by atoms with Crippen LogP contribution in [0.3, 0.4) is 0 Å². The monoisotopic (exact) mass is 430 g/mol. The third-order valence-electron chi connectivity index (χ3n) is 4.73. The summed E-state index contributed by atoms with van der Waals surface area (Å²) in [5.74, 6) is -1.50. The van der Waals surface area contributed by atoms with Crippen molar-refractivity contribution in [1.29, 1.82) is 0 Å². The van der Waals surface area contributed by atoms with E-state index in [2.05, 4.69) is 0 Å². The number of nitrogens with two attached hydrogens (primary N) is 1. The third-order valence-corrected chi connectivity index (χ3v) is 4.73. The fourth-order valence-electron chi connectivity index (χ4n) is 3.08. The average Bonchev–Trinajstić information content (AvgIpc) is 3.05. The summed E-state index contributed by atoms with van der Waals surface area (Å²) in [5, 5.41) is 32.2. The molecule has 0 aliphatic carbocycles. The van der Waals surface area contributed by atoms with E-state index < -0.39 is 36.4 Å². The van der Waals surface area contributed by atoms with Crippen molar-refractivity contribution in [3.05, 3.63) is 59.9 Å². The molecule has 1 amide bonds. The van der Waals surface area contributed by atoms with Gasteiger partial charge in [0.2, 0.25) is 0 Å². The third kappa shape index (κ3) is 5.18. The second-order valence-electron chi connectivity index (χ2n) is 6.82. The number of nitrogens with zero attached hydrogens (tertiary/aromatic N) is 1. The number of primary amides is 1. The molecule has 10 nitrogen and oxygen atoms in total. The predicted octanol–water partition coefficient (Wildman–Crippen LogP) is -0.969. The van der Waals surface area contributed by atoms with E-state index in [1.807, 2.05) is 0 Å². The number of ether oxygens (including phenoxy) is 3. The van der Waals surface area contributed by atoms with E-state index in [4.69, 9.17) is 19.9 Å². The zero-order valence-electron chi connectivity index (χ0n) is 16.6. The zero-order valence-corrected chi connectivity index (χ0v) is 16.6. The van der Waals surface area contributed by atoms with E-state index in [9.17, 15) is 24.9 Å². The number of carbonyl (C=O) groups excluding carboxylic acids is 2. The first-order valence-corrected chi connectivity index (χ1v) is 9.32. The number of aromatic nitrogens is 1. The first-order chi connectivity index (χ1) is 14.8. The molecule has 2 aromatic rings. The molecule has 0 radical (unpaired) electrons. The lowest BCUT2D eigenvalue weighted by molar-refractivity contribution is -0.765. The van der Waals surface area contributed by atoms with Crippen LogP contribution in [0.25, 0.3) is 6.08 Å². The highest BCUT2D eigenvalue weighted by Crippen LogP contribution is 2.26. The number of pyridine rings is 1. The number of esters is 1. The maximum atomic E-state index is 12.0. The van der Waals surface area contributed by atoms with Gasteiger partial charge in [-0.2, -0.15) is 4.57 Å². The van der Waals surface area contributed by atoms with Crippen LogP contribution in [0.15, 0.2) is 48.8 Å². The van der Waals surface area contributed by atoms with Crippen molar-refractivity contribution in [2.45, 2.75) is 24.5 Å². The summed E-state index contributed by atoms with van der Waals surface area (Å²) in [7, 11) is 1.39. The van der Waals surface area contributed by atoms with Crippen molar-refractivity contribution < 1.29 is 43.7 Å². The Bertz CT molecular complexity index is 993. The van der Waals surface area contributed by atoms with Crippen molar-refractivity contribution in [2.75, 3.05) is 13.7 Å². The van der Waals surface area contributed by atoms with Gasteiger partial charge in [0.1, 0.15) is 30.1 Å². The number of rotatable bonds is 7. The van der Waals surface area contributed by atoms with Gasteiger partial charge in [0.05, 0.1) is 7.11 Å².